The standard InChI is InChI=1S/C21H16F3NO2S/c22-12-8-9-25(11-12)18-10-16(13-6-3-7-17(23)19(13)24)20(28-18)14-4-1-2-5-15(14)21(26)27/h1-7,10,12H,8-9,11H2,(H,26,27)/t12-/m1/s1. The molecule has 0 radical (unpaired) electrons. The number of carbonyl (C=O) groups is 1. The van der Waals surface area contributed by atoms with Crippen molar-refractivity contribution in [2.75, 3.05) is 18.0 Å². The van der Waals surface area contributed by atoms with E-state index in [2.05, 4.69) is 0 Å². The summed E-state index contributed by atoms with van der Waals surface area (Å²) in [6.45, 7) is 0.748. The smallest absolute Gasteiger partial charge is 0.336 e. The number of nitrogens with zero attached hydrogens (tertiary/aromatic N) is 1. The number of rotatable bonds is 4. The van der Waals surface area contributed by atoms with Crippen LogP contribution < -0.4 is 4.90 Å². The molecule has 1 aliphatic heterocycles. The summed E-state index contributed by atoms with van der Waals surface area (Å²) in [4.78, 5) is 14.0. The fourth-order valence-electron chi connectivity index (χ4n) is 3.43. The molecule has 144 valence electrons. The van der Waals surface area contributed by atoms with Crippen molar-refractivity contribution in [3.05, 3.63) is 65.7 Å². The van der Waals surface area contributed by atoms with Gasteiger partial charge in [0.25, 0.3) is 0 Å². The molecule has 0 bridgehead atoms. The van der Waals surface area contributed by atoms with Crippen LogP contribution in [-0.2, 0) is 0 Å². The van der Waals surface area contributed by atoms with E-state index in [0.29, 0.717) is 34.0 Å². The SMILES string of the molecule is O=C(O)c1ccccc1-c1sc(N2CC[C@@H](F)C2)cc1-c1cccc(F)c1F. The molecule has 0 spiro atoms. The second-order valence-corrected chi connectivity index (χ2v) is 7.64. The molecule has 1 fully saturated rings. The minimum absolute atomic E-state index is 0.0497. The molecule has 0 aliphatic carbocycles. The lowest BCUT2D eigenvalue weighted by Gasteiger charge is -2.14. The Labute approximate surface area is 163 Å². The molecule has 0 unspecified atom stereocenters. The first-order chi connectivity index (χ1) is 13.5. The van der Waals surface area contributed by atoms with Gasteiger partial charge in [0, 0.05) is 34.7 Å². The molecule has 1 N–H and O–H groups in total. The van der Waals surface area contributed by atoms with E-state index < -0.39 is 23.8 Å². The number of halogens is 3. The average molecular weight is 403 g/mol. The van der Waals surface area contributed by atoms with Crippen LogP contribution in [0.15, 0.2) is 48.5 Å². The van der Waals surface area contributed by atoms with Gasteiger partial charge in [-0.25, -0.2) is 18.0 Å². The van der Waals surface area contributed by atoms with E-state index in [1.54, 1.807) is 24.3 Å². The molecule has 2 aromatic carbocycles. The number of aromatic carboxylic acids is 1. The predicted octanol–water partition coefficient (Wildman–Crippen LogP) is 5.61. The minimum Gasteiger partial charge on any atom is -0.478 e. The van der Waals surface area contributed by atoms with Gasteiger partial charge in [0.2, 0.25) is 0 Å². The van der Waals surface area contributed by atoms with E-state index >= 15 is 0 Å². The van der Waals surface area contributed by atoms with Crippen LogP contribution in [-0.4, -0.2) is 30.3 Å². The number of anilines is 1. The van der Waals surface area contributed by atoms with Crippen molar-refractivity contribution in [3.63, 3.8) is 0 Å². The number of hydrogen-bond donors (Lipinski definition) is 1. The first-order valence-corrected chi connectivity index (χ1v) is 9.57. The summed E-state index contributed by atoms with van der Waals surface area (Å²) < 4.78 is 42.0. The summed E-state index contributed by atoms with van der Waals surface area (Å²) in [6.07, 6.45) is -0.533. The minimum atomic E-state index is -1.11. The van der Waals surface area contributed by atoms with E-state index in [-0.39, 0.29) is 17.7 Å². The van der Waals surface area contributed by atoms with Crippen molar-refractivity contribution >= 4 is 22.3 Å². The van der Waals surface area contributed by atoms with Crippen molar-refractivity contribution in [3.8, 4) is 21.6 Å². The van der Waals surface area contributed by atoms with E-state index in [0.717, 1.165) is 6.07 Å². The Morgan fingerprint density at radius 3 is 2.54 bits per heavy atom. The van der Waals surface area contributed by atoms with Gasteiger partial charge in [-0.3, -0.25) is 0 Å². The van der Waals surface area contributed by atoms with Crippen molar-refractivity contribution in [2.24, 2.45) is 0 Å². The Morgan fingerprint density at radius 1 is 1.07 bits per heavy atom. The summed E-state index contributed by atoms with van der Waals surface area (Å²) in [6, 6.07) is 12.0. The highest BCUT2D eigenvalue weighted by atomic mass is 32.1. The van der Waals surface area contributed by atoms with Gasteiger partial charge in [-0.15, -0.1) is 11.3 Å². The van der Waals surface area contributed by atoms with Crippen LogP contribution in [0.3, 0.4) is 0 Å². The van der Waals surface area contributed by atoms with Crippen LogP contribution >= 0.6 is 11.3 Å². The second-order valence-electron chi connectivity index (χ2n) is 6.61. The fraction of sp³-hybridized carbons (Fsp3) is 0.190. The normalized spacial score (nSPS) is 16.5. The van der Waals surface area contributed by atoms with E-state index in [1.807, 2.05) is 4.90 Å². The van der Waals surface area contributed by atoms with Gasteiger partial charge in [0.1, 0.15) is 6.17 Å². The van der Waals surface area contributed by atoms with Crippen molar-refractivity contribution < 1.29 is 23.1 Å². The Balaban J connectivity index is 1.93. The third-order valence-corrected chi connectivity index (χ3v) is 6.03. The molecule has 7 heteroatoms. The molecule has 0 amide bonds. The largest absolute Gasteiger partial charge is 0.478 e. The lowest BCUT2D eigenvalue weighted by Crippen LogP contribution is -2.18. The molecule has 1 aromatic heterocycles. The number of hydrogen-bond acceptors (Lipinski definition) is 3. The molecule has 3 aromatic rings. The van der Waals surface area contributed by atoms with E-state index in [9.17, 15) is 23.1 Å². The Bertz CT molecular complexity index is 1050. The molecule has 2 heterocycles. The average Bonchev–Trinajstić information content (AvgIpc) is 3.30. The maximum atomic E-state index is 14.5. The number of carboxylic acids is 1. The molecule has 0 saturated carbocycles. The van der Waals surface area contributed by atoms with Gasteiger partial charge in [-0.05, 0) is 24.6 Å². The van der Waals surface area contributed by atoms with Gasteiger partial charge in [0.15, 0.2) is 11.6 Å². The van der Waals surface area contributed by atoms with Crippen LogP contribution in [0.25, 0.3) is 21.6 Å². The molecule has 4 rings (SSSR count). The predicted molar refractivity (Wildman–Crippen MR) is 104 cm³/mol. The monoisotopic (exact) mass is 403 g/mol. The lowest BCUT2D eigenvalue weighted by atomic mass is 9.98. The zero-order chi connectivity index (χ0) is 19.8. The summed E-state index contributed by atoms with van der Waals surface area (Å²) in [5, 5.41) is 10.3. The fourth-order valence-corrected chi connectivity index (χ4v) is 4.68. The molecule has 3 nitrogen and oxygen atoms in total. The third kappa shape index (κ3) is 3.26. The maximum Gasteiger partial charge on any atom is 0.336 e. The van der Waals surface area contributed by atoms with E-state index in [1.165, 1.54) is 29.5 Å². The Morgan fingerprint density at radius 2 is 1.82 bits per heavy atom. The lowest BCUT2D eigenvalue weighted by molar-refractivity contribution is 0.0697. The van der Waals surface area contributed by atoms with Gasteiger partial charge >= 0.3 is 5.97 Å². The molecule has 1 saturated heterocycles. The second kappa shape index (κ2) is 7.31. The van der Waals surface area contributed by atoms with Crippen molar-refractivity contribution in [1.82, 2.24) is 0 Å². The number of alkyl halides is 1. The summed E-state index contributed by atoms with van der Waals surface area (Å²) in [5.74, 6) is -3.08. The highest BCUT2D eigenvalue weighted by Gasteiger charge is 2.27. The zero-order valence-corrected chi connectivity index (χ0v) is 15.5. The molecular weight excluding hydrogens is 387 g/mol. The number of thiophene rings is 1. The highest BCUT2D eigenvalue weighted by Crippen LogP contribution is 2.46. The molecule has 1 atom stereocenters. The molecular formula is C21H16F3NO2S. The summed E-state index contributed by atoms with van der Waals surface area (Å²) >= 11 is 1.26. The Kier molecular flexibility index (Phi) is 4.85. The zero-order valence-electron chi connectivity index (χ0n) is 14.7. The van der Waals surface area contributed by atoms with E-state index in [4.69, 9.17) is 0 Å². The quantitative estimate of drug-likeness (QED) is 0.616. The third-order valence-electron chi connectivity index (χ3n) is 4.81. The maximum absolute atomic E-state index is 14.5. The molecule has 28 heavy (non-hydrogen) atoms. The summed E-state index contributed by atoms with van der Waals surface area (Å²) in [5.41, 5.74) is 0.932. The van der Waals surface area contributed by atoms with Crippen LogP contribution in [0.1, 0.15) is 16.8 Å². The van der Waals surface area contributed by atoms with Crippen molar-refractivity contribution in [1.29, 1.82) is 0 Å². The van der Waals surface area contributed by atoms with Crippen molar-refractivity contribution in [2.45, 2.75) is 12.6 Å². The number of benzene rings is 2. The Hall–Kier alpha value is -2.80. The first kappa shape index (κ1) is 18.6. The molecule has 1 aliphatic rings. The van der Waals surface area contributed by atoms with Gasteiger partial charge in [-0.2, -0.15) is 0 Å². The van der Waals surface area contributed by atoms with Gasteiger partial charge < -0.3 is 10.0 Å². The topological polar surface area (TPSA) is 40.5 Å². The van der Waals surface area contributed by atoms with Crippen LogP contribution in [0.4, 0.5) is 18.2 Å². The summed E-state index contributed by atoms with van der Waals surface area (Å²) in [7, 11) is 0. The van der Waals surface area contributed by atoms with Crippen LogP contribution in [0.5, 0.6) is 0 Å². The highest BCUT2D eigenvalue weighted by molar-refractivity contribution is 7.20. The van der Waals surface area contributed by atoms with Gasteiger partial charge in [-0.1, -0.05) is 30.3 Å². The van der Waals surface area contributed by atoms with Gasteiger partial charge in [0.05, 0.1) is 10.6 Å². The van der Waals surface area contributed by atoms with Crippen LogP contribution in [0, 0.1) is 11.6 Å². The van der Waals surface area contributed by atoms with Crippen LogP contribution in [0.2, 0.25) is 0 Å². The first-order valence-electron chi connectivity index (χ1n) is 8.75. The number of carboxylic acid groups (broad SMARTS) is 1.